The van der Waals surface area contributed by atoms with Gasteiger partial charge in [0.1, 0.15) is 5.92 Å². The van der Waals surface area contributed by atoms with Crippen LogP contribution in [-0.2, 0) is 17.5 Å². The van der Waals surface area contributed by atoms with Crippen molar-refractivity contribution in [2.24, 2.45) is 0 Å². The zero-order chi connectivity index (χ0) is 22.3. The summed E-state index contributed by atoms with van der Waals surface area (Å²) in [5.74, 6) is -1.94. The third-order valence-electron chi connectivity index (χ3n) is 4.96. The molecule has 0 bridgehead atoms. The first kappa shape index (κ1) is 21.0. The van der Waals surface area contributed by atoms with Crippen LogP contribution in [0.5, 0.6) is 0 Å². The Morgan fingerprint density at radius 3 is 2.55 bits per heavy atom. The van der Waals surface area contributed by atoms with E-state index in [1.54, 1.807) is 37.3 Å². The van der Waals surface area contributed by atoms with Crippen LogP contribution in [0.1, 0.15) is 35.5 Å². The molecule has 1 unspecified atom stereocenters. The van der Waals surface area contributed by atoms with Crippen molar-refractivity contribution in [3.05, 3.63) is 69.1 Å². The van der Waals surface area contributed by atoms with Crippen molar-refractivity contribution in [2.75, 3.05) is 0 Å². The van der Waals surface area contributed by atoms with Crippen molar-refractivity contribution in [1.82, 2.24) is 14.8 Å². The number of hydrogen-bond donors (Lipinski definition) is 1. The standard InChI is InChI=1S/C21H16F3N3O3S/c1-2-12(19(29)30)17-13-5-3-4-6-14(13)18(28)27(26-17)10-11-7-8-16-15(9-11)25-20(31-16)21(22,23)24/h3-9,12H,2,10H2,1H3,(H,29,30). The van der Waals surface area contributed by atoms with Gasteiger partial charge in [-0.2, -0.15) is 18.3 Å². The van der Waals surface area contributed by atoms with E-state index in [0.717, 1.165) is 4.68 Å². The first-order chi connectivity index (χ1) is 14.7. The predicted molar refractivity (Wildman–Crippen MR) is 110 cm³/mol. The minimum Gasteiger partial charge on any atom is -0.481 e. The summed E-state index contributed by atoms with van der Waals surface area (Å²) in [6, 6.07) is 11.3. The Morgan fingerprint density at radius 2 is 1.90 bits per heavy atom. The van der Waals surface area contributed by atoms with Crippen LogP contribution in [0.4, 0.5) is 13.2 Å². The number of alkyl halides is 3. The maximum Gasteiger partial charge on any atom is 0.443 e. The highest BCUT2D eigenvalue weighted by Crippen LogP contribution is 2.35. The number of aliphatic carboxylic acids is 1. The summed E-state index contributed by atoms with van der Waals surface area (Å²) < 4.78 is 40.4. The fourth-order valence-corrected chi connectivity index (χ4v) is 4.29. The van der Waals surface area contributed by atoms with Gasteiger partial charge in [-0.25, -0.2) is 9.67 Å². The van der Waals surface area contributed by atoms with Crippen LogP contribution in [0.15, 0.2) is 47.3 Å². The number of nitrogens with zero attached hydrogens (tertiary/aromatic N) is 3. The maximum atomic E-state index is 13.0. The molecule has 31 heavy (non-hydrogen) atoms. The van der Waals surface area contributed by atoms with E-state index in [-0.39, 0.29) is 24.2 Å². The number of hydrogen-bond acceptors (Lipinski definition) is 5. The summed E-state index contributed by atoms with van der Waals surface area (Å²) in [5, 5.41) is 13.8. The molecule has 1 atom stereocenters. The summed E-state index contributed by atoms with van der Waals surface area (Å²) in [6.45, 7) is 1.70. The van der Waals surface area contributed by atoms with Crippen LogP contribution in [0.3, 0.4) is 0 Å². The highest BCUT2D eigenvalue weighted by Gasteiger charge is 2.34. The second-order valence-electron chi connectivity index (χ2n) is 7.01. The minimum atomic E-state index is -4.53. The van der Waals surface area contributed by atoms with Gasteiger partial charge in [0.05, 0.1) is 27.8 Å². The molecule has 160 valence electrons. The number of thiazole rings is 1. The van der Waals surface area contributed by atoms with Crippen molar-refractivity contribution >= 4 is 38.3 Å². The van der Waals surface area contributed by atoms with E-state index in [2.05, 4.69) is 10.1 Å². The fourth-order valence-electron chi connectivity index (χ4n) is 3.48. The molecule has 0 aliphatic carbocycles. The molecule has 4 aromatic rings. The number of halogens is 3. The monoisotopic (exact) mass is 447 g/mol. The highest BCUT2D eigenvalue weighted by molar-refractivity contribution is 7.18. The third-order valence-corrected chi connectivity index (χ3v) is 6.04. The molecular formula is C21H16F3N3O3S. The van der Waals surface area contributed by atoms with Crippen molar-refractivity contribution in [3.8, 4) is 0 Å². The molecule has 6 nitrogen and oxygen atoms in total. The number of carbonyl (C=O) groups is 1. The second kappa shape index (κ2) is 7.77. The predicted octanol–water partition coefficient (Wildman–Crippen LogP) is 4.65. The molecule has 0 saturated heterocycles. The Balaban J connectivity index is 1.82. The van der Waals surface area contributed by atoms with Gasteiger partial charge >= 0.3 is 12.1 Å². The molecule has 0 fully saturated rings. The van der Waals surface area contributed by atoms with Crippen molar-refractivity contribution < 1.29 is 23.1 Å². The lowest BCUT2D eigenvalue weighted by molar-refractivity contribution is -0.139. The Labute approximate surface area is 177 Å². The van der Waals surface area contributed by atoms with Crippen LogP contribution < -0.4 is 5.56 Å². The average Bonchev–Trinajstić information content (AvgIpc) is 3.15. The first-order valence-corrected chi connectivity index (χ1v) is 10.2. The highest BCUT2D eigenvalue weighted by atomic mass is 32.1. The molecule has 0 aliphatic heterocycles. The molecule has 2 aromatic heterocycles. The van der Waals surface area contributed by atoms with Crippen LogP contribution in [0, 0.1) is 0 Å². The molecule has 0 aliphatic rings. The normalized spacial score (nSPS) is 13.0. The smallest absolute Gasteiger partial charge is 0.443 e. The van der Waals surface area contributed by atoms with Gasteiger partial charge in [0.25, 0.3) is 5.56 Å². The Bertz CT molecular complexity index is 1360. The number of fused-ring (bicyclic) bond motifs is 2. The largest absolute Gasteiger partial charge is 0.481 e. The van der Waals surface area contributed by atoms with Crippen LogP contribution in [0.2, 0.25) is 0 Å². The lowest BCUT2D eigenvalue weighted by atomic mass is 9.97. The second-order valence-corrected chi connectivity index (χ2v) is 8.04. The Hall–Kier alpha value is -3.27. The number of benzene rings is 2. The average molecular weight is 447 g/mol. The summed E-state index contributed by atoms with van der Waals surface area (Å²) in [7, 11) is 0. The SMILES string of the molecule is CCC(C(=O)O)c1nn(Cc2ccc3sc(C(F)(F)F)nc3c2)c(=O)c2ccccc12. The Kier molecular flexibility index (Phi) is 5.26. The molecule has 0 spiro atoms. The molecule has 0 radical (unpaired) electrons. The van der Waals surface area contributed by atoms with Gasteiger partial charge in [0.2, 0.25) is 0 Å². The summed E-state index contributed by atoms with van der Waals surface area (Å²) >= 11 is 0.551. The molecular weight excluding hydrogens is 431 g/mol. The maximum absolute atomic E-state index is 13.0. The zero-order valence-corrected chi connectivity index (χ0v) is 17.0. The van der Waals surface area contributed by atoms with Crippen LogP contribution in [-0.4, -0.2) is 25.8 Å². The van der Waals surface area contributed by atoms with Crippen molar-refractivity contribution in [3.63, 3.8) is 0 Å². The van der Waals surface area contributed by atoms with E-state index < -0.39 is 28.6 Å². The summed E-state index contributed by atoms with van der Waals surface area (Å²) in [6.07, 6.45) is -4.24. The molecule has 1 N–H and O–H groups in total. The van der Waals surface area contributed by atoms with Crippen molar-refractivity contribution in [2.45, 2.75) is 32.0 Å². The number of rotatable bonds is 5. The van der Waals surface area contributed by atoms with E-state index in [0.29, 0.717) is 32.4 Å². The van der Waals surface area contributed by atoms with Gasteiger partial charge in [-0.05, 0) is 30.2 Å². The van der Waals surface area contributed by atoms with Gasteiger partial charge in [0, 0.05) is 5.39 Å². The zero-order valence-electron chi connectivity index (χ0n) is 16.2. The molecule has 2 aromatic carbocycles. The van der Waals surface area contributed by atoms with E-state index in [9.17, 15) is 27.9 Å². The molecule has 2 heterocycles. The van der Waals surface area contributed by atoms with Gasteiger partial charge < -0.3 is 5.11 Å². The molecule has 0 amide bonds. The quantitative estimate of drug-likeness (QED) is 0.481. The van der Waals surface area contributed by atoms with Crippen LogP contribution in [0.25, 0.3) is 21.0 Å². The molecule has 0 saturated carbocycles. The molecule has 10 heteroatoms. The van der Waals surface area contributed by atoms with E-state index >= 15 is 0 Å². The lowest BCUT2D eigenvalue weighted by Crippen LogP contribution is -2.27. The lowest BCUT2D eigenvalue weighted by Gasteiger charge is -2.15. The number of carboxylic acid groups (broad SMARTS) is 1. The van der Waals surface area contributed by atoms with Gasteiger partial charge in [-0.1, -0.05) is 31.2 Å². The van der Waals surface area contributed by atoms with E-state index in [1.165, 1.54) is 12.1 Å². The Morgan fingerprint density at radius 1 is 1.19 bits per heavy atom. The molecule has 4 rings (SSSR count). The third kappa shape index (κ3) is 3.90. The summed E-state index contributed by atoms with van der Waals surface area (Å²) in [5.41, 5.74) is 0.583. The van der Waals surface area contributed by atoms with E-state index in [1.807, 2.05) is 0 Å². The fraction of sp³-hybridized carbons (Fsp3) is 0.238. The topological polar surface area (TPSA) is 85.1 Å². The first-order valence-electron chi connectivity index (χ1n) is 9.38. The van der Waals surface area contributed by atoms with Gasteiger partial charge in [0.15, 0.2) is 5.01 Å². The van der Waals surface area contributed by atoms with Crippen molar-refractivity contribution in [1.29, 1.82) is 0 Å². The van der Waals surface area contributed by atoms with Gasteiger partial charge in [-0.3, -0.25) is 9.59 Å². The minimum absolute atomic E-state index is 0.0263. The van der Waals surface area contributed by atoms with E-state index in [4.69, 9.17) is 0 Å². The summed E-state index contributed by atoms with van der Waals surface area (Å²) in [4.78, 5) is 28.3. The van der Waals surface area contributed by atoms with Gasteiger partial charge in [-0.15, -0.1) is 11.3 Å². The number of carboxylic acids is 1. The number of aromatic nitrogens is 3. The van der Waals surface area contributed by atoms with Crippen LogP contribution >= 0.6 is 11.3 Å².